The van der Waals surface area contributed by atoms with Gasteiger partial charge in [0, 0.05) is 5.75 Å². The third kappa shape index (κ3) is 3.88. The molecule has 1 aliphatic heterocycles. The molecule has 0 spiro atoms. The Balaban J connectivity index is 0.000000127. The monoisotopic (exact) mass is 196 g/mol. The van der Waals surface area contributed by atoms with Crippen LogP contribution in [0.1, 0.15) is 6.42 Å². The van der Waals surface area contributed by atoms with Crippen LogP contribution in [0.15, 0.2) is 47.9 Å². The fourth-order valence-electron chi connectivity index (χ4n) is 0.812. The van der Waals surface area contributed by atoms with Crippen molar-refractivity contribution in [1.82, 2.24) is 0 Å². The standard InChI is InChI=1S/C7H8.C3H4S2/c1-2-7-5-3-4-6-7;1-2-4-5-3-1/h2-5H,1,6H2;1-2H,3H2. The van der Waals surface area contributed by atoms with E-state index in [1.807, 2.05) is 27.7 Å². The van der Waals surface area contributed by atoms with Crippen molar-refractivity contribution < 1.29 is 0 Å². The predicted molar refractivity (Wildman–Crippen MR) is 61.2 cm³/mol. The zero-order chi connectivity index (χ0) is 8.65. The number of allylic oxidation sites excluding steroid dienone is 5. The van der Waals surface area contributed by atoms with E-state index < -0.39 is 0 Å². The molecular formula is C10H12S2. The molecule has 64 valence electrons. The fraction of sp³-hybridized carbons (Fsp3) is 0.200. The molecule has 2 aliphatic rings. The lowest BCUT2D eigenvalue weighted by atomic mass is 10.2. The Morgan fingerprint density at radius 3 is 2.58 bits per heavy atom. The van der Waals surface area contributed by atoms with Gasteiger partial charge in [0.1, 0.15) is 0 Å². The number of rotatable bonds is 1. The lowest BCUT2D eigenvalue weighted by molar-refractivity contribution is 1.34. The minimum Gasteiger partial charge on any atom is -0.0988 e. The molecule has 2 rings (SSSR count). The second kappa shape index (κ2) is 6.21. The Hall–Kier alpha value is -0.340. The smallest absolute Gasteiger partial charge is 0.0229 e. The molecule has 0 aromatic heterocycles. The van der Waals surface area contributed by atoms with Gasteiger partial charge in [-0.1, -0.05) is 58.5 Å². The van der Waals surface area contributed by atoms with Gasteiger partial charge in [-0.05, 0) is 17.4 Å². The first kappa shape index (κ1) is 9.75. The average molecular weight is 196 g/mol. The second-order valence-electron chi connectivity index (χ2n) is 2.33. The Morgan fingerprint density at radius 2 is 2.33 bits per heavy atom. The molecule has 0 aromatic rings. The van der Waals surface area contributed by atoms with Crippen LogP contribution in [0, 0.1) is 0 Å². The van der Waals surface area contributed by atoms with E-state index in [4.69, 9.17) is 0 Å². The van der Waals surface area contributed by atoms with Gasteiger partial charge >= 0.3 is 0 Å². The number of hydrogen-bond acceptors (Lipinski definition) is 2. The maximum Gasteiger partial charge on any atom is 0.0229 e. The van der Waals surface area contributed by atoms with Gasteiger partial charge in [0.15, 0.2) is 0 Å². The van der Waals surface area contributed by atoms with Crippen molar-refractivity contribution in [1.29, 1.82) is 0 Å². The molecule has 0 N–H and O–H groups in total. The SMILES string of the molecule is C1=CSSC1.C=CC1=CC=CC1. The van der Waals surface area contributed by atoms with Crippen molar-refractivity contribution in [3.63, 3.8) is 0 Å². The predicted octanol–water partition coefficient (Wildman–Crippen LogP) is 3.95. The van der Waals surface area contributed by atoms with Crippen molar-refractivity contribution in [2.75, 3.05) is 5.75 Å². The molecule has 0 saturated heterocycles. The molecule has 0 unspecified atom stereocenters. The minimum absolute atomic E-state index is 1.07. The first-order chi connectivity index (χ1) is 5.93. The maximum atomic E-state index is 3.63. The quantitative estimate of drug-likeness (QED) is 0.582. The van der Waals surface area contributed by atoms with Gasteiger partial charge in [0.25, 0.3) is 0 Å². The molecular weight excluding hydrogens is 184 g/mol. The van der Waals surface area contributed by atoms with Crippen LogP contribution in [0.3, 0.4) is 0 Å². The highest BCUT2D eigenvalue weighted by molar-refractivity contribution is 8.78. The van der Waals surface area contributed by atoms with E-state index in [-0.39, 0.29) is 0 Å². The molecule has 0 radical (unpaired) electrons. The minimum atomic E-state index is 1.07. The normalized spacial score (nSPS) is 18.5. The van der Waals surface area contributed by atoms with Gasteiger partial charge in [-0.2, -0.15) is 0 Å². The van der Waals surface area contributed by atoms with Gasteiger partial charge in [-0.25, -0.2) is 0 Å². The summed E-state index contributed by atoms with van der Waals surface area (Å²) in [6.45, 7) is 3.63. The third-order valence-electron chi connectivity index (χ3n) is 1.45. The van der Waals surface area contributed by atoms with Crippen LogP contribution in [-0.4, -0.2) is 5.75 Å². The fourth-order valence-corrected chi connectivity index (χ4v) is 2.38. The van der Waals surface area contributed by atoms with E-state index in [1.165, 1.54) is 11.3 Å². The molecule has 0 amide bonds. The van der Waals surface area contributed by atoms with Gasteiger partial charge in [0.2, 0.25) is 0 Å². The first-order valence-electron chi connectivity index (χ1n) is 3.85. The van der Waals surface area contributed by atoms with Crippen LogP contribution >= 0.6 is 21.6 Å². The summed E-state index contributed by atoms with van der Waals surface area (Å²) in [6.07, 6.45) is 11.4. The highest BCUT2D eigenvalue weighted by Gasteiger charge is 1.89. The topological polar surface area (TPSA) is 0 Å². The molecule has 0 fully saturated rings. The van der Waals surface area contributed by atoms with Gasteiger partial charge < -0.3 is 0 Å². The highest BCUT2D eigenvalue weighted by Crippen LogP contribution is 2.27. The van der Waals surface area contributed by atoms with Gasteiger partial charge in [-0.15, -0.1) is 0 Å². The maximum absolute atomic E-state index is 3.63. The summed E-state index contributed by atoms with van der Waals surface area (Å²) in [5, 5.41) is 2.12. The van der Waals surface area contributed by atoms with Crippen LogP contribution in [-0.2, 0) is 0 Å². The lowest BCUT2D eigenvalue weighted by Crippen LogP contribution is -1.62. The molecule has 0 saturated carbocycles. The van der Waals surface area contributed by atoms with Crippen LogP contribution < -0.4 is 0 Å². The molecule has 0 atom stereocenters. The summed E-state index contributed by atoms with van der Waals surface area (Å²) in [5.74, 6) is 1.20. The van der Waals surface area contributed by atoms with Gasteiger partial charge in [0.05, 0.1) is 0 Å². The molecule has 12 heavy (non-hydrogen) atoms. The van der Waals surface area contributed by atoms with Crippen molar-refractivity contribution in [2.24, 2.45) is 0 Å². The Morgan fingerprint density at radius 1 is 1.42 bits per heavy atom. The largest absolute Gasteiger partial charge is 0.0988 e. The van der Waals surface area contributed by atoms with E-state index >= 15 is 0 Å². The highest BCUT2D eigenvalue weighted by atomic mass is 33.1. The second-order valence-corrected chi connectivity index (χ2v) is 4.65. The first-order valence-corrected chi connectivity index (χ1v) is 6.23. The van der Waals surface area contributed by atoms with E-state index in [1.54, 1.807) is 0 Å². The summed E-state index contributed by atoms with van der Waals surface area (Å²) in [5.41, 5.74) is 1.32. The lowest BCUT2D eigenvalue weighted by Gasteiger charge is -1.82. The Labute approximate surface area is 81.9 Å². The molecule has 2 heteroatoms. The van der Waals surface area contributed by atoms with Gasteiger partial charge in [-0.3, -0.25) is 0 Å². The van der Waals surface area contributed by atoms with Crippen LogP contribution in [0.5, 0.6) is 0 Å². The third-order valence-corrected chi connectivity index (χ3v) is 3.36. The van der Waals surface area contributed by atoms with E-state index in [9.17, 15) is 0 Å². The molecule has 1 aliphatic carbocycles. The molecule has 0 bridgehead atoms. The average Bonchev–Trinajstić information content (AvgIpc) is 2.81. The summed E-state index contributed by atoms with van der Waals surface area (Å²) in [7, 11) is 3.69. The number of hydrogen-bond donors (Lipinski definition) is 0. The zero-order valence-electron chi connectivity index (χ0n) is 6.90. The summed E-state index contributed by atoms with van der Waals surface area (Å²) in [6, 6.07) is 0. The van der Waals surface area contributed by atoms with E-state index in [0.717, 1.165) is 6.42 Å². The Bertz CT molecular complexity index is 218. The zero-order valence-corrected chi connectivity index (χ0v) is 8.53. The Kier molecular flexibility index (Phi) is 5.04. The van der Waals surface area contributed by atoms with Crippen LogP contribution in [0.4, 0.5) is 0 Å². The summed E-state index contributed by atoms with van der Waals surface area (Å²) in [4.78, 5) is 0. The molecule has 0 nitrogen and oxygen atoms in total. The van der Waals surface area contributed by atoms with Crippen molar-refractivity contribution in [3.8, 4) is 0 Å². The van der Waals surface area contributed by atoms with Crippen LogP contribution in [0.25, 0.3) is 0 Å². The van der Waals surface area contributed by atoms with Crippen LogP contribution in [0.2, 0.25) is 0 Å². The molecule has 1 heterocycles. The van der Waals surface area contributed by atoms with E-state index in [2.05, 4.69) is 36.3 Å². The van der Waals surface area contributed by atoms with E-state index in [0.29, 0.717) is 0 Å². The summed E-state index contributed by atoms with van der Waals surface area (Å²) < 4.78 is 0. The van der Waals surface area contributed by atoms with Crippen molar-refractivity contribution in [2.45, 2.75) is 6.42 Å². The molecule has 0 aromatic carbocycles. The van der Waals surface area contributed by atoms with Crippen molar-refractivity contribution in [3.05, 3.63) is 47.9 Å². The summed E-state index contributed by atoms with van der Waals surface area (Å²) >= 11 is 0. The van der Waals surface area contributed by atoms with Crippen molar-refractivity contribution >= 4 is 21.6 Å².